The van der Waals surface area contributed by atoms with Crippen LogP contribution in [0.2, 0.25) is 0 Å². The van der Waals surface area contributed by atoms with Crippen LogP contribution in [0.15, 0.2) is 18.5 Å². The van der Waals surface area contributed by atoms with Crippen LogP contribution in [0.5, 0.6) is 0 Å². The summed E-state index contributed by atoms with van der Waals surface area (Å²) in [5.41, 5.74) is 1.24. The van der Waals surface area contributed by atoms with Crippen molar-refractivity contribution in [1.29, 1.82) is 0 Å². The van der Waals surface area contributed by atoms with Gasteiger partial charge in [0.25, 0.3) is 0 Å². The minimum atomic E-state index is 0.835. The van der Waals surface area contributed by atoms with Gasteiger partial charge < -0.3 is 5.32 Å². The van der Waals surface area contributed by atoms with Gasteiger partial charge in [0.1, 0.15) is 5.01 Å². The second kappa shape index (κ2) is 6.66. The molecule has 0 bridgehead atoms. The molecule has 0 spiro atoms. The zero-order valence-corrected chi connectivity index (χ0v) is 11.8. The first-order chi connectivity index (χ1) is 8.83. The highest BCUT2D eigenvalue weighted by molar-refractivity contribution is 7.11. The Labute approximate surface area is 112 Å². The van der Waals surface area contributed by atoms with E-state index in [0.717, 1.165) is 37.5 Å². The summed E-state index contributed by atoms with van der Waals surface area (Å²) in [4.78, 5) is 5.75. The molecule has 0 aliphatic carbocycles. The van der Waals surface area contributed by atoms with Crippen LogP contribution in [0.1, 0.15) is 35.8 Å². The first-order valence-corrected chi connectivity index (χ1v) is 7.30. The minimum absolute atomic E-state index is 0.835. The fourth-order valence-electron chi connectivity index (χ4n) is 1.81. The van der Waals surface area contributed by atoms with E-state index >= 15 is 0 Å². The van der Waals surface area contributed by atoms with Crippen molar-refractivity contribution in [1.82, 2.24) is 20.1 Å². The summed E-state index contributed by atoms with van der Waals surface area (Å²) in [5.74, 6) is 0. The highest BCUT2D eigenvalue weighted by atomic mass is 32.1. The average molecular weight is 264 g/mol. The molecule has 5 heteroatoms. The molecule has 2 heterocycles. The number of aryl methyl sites for hydroxylation is 2. The molecule has 0 aromatic carbocycles. The smallest absolute Gasteiger partial charge is 0.107 e. The Hall–Kier alpha value is -1.20. The zero-order chi connectivity index (χ0) is 12.8. The molecule has 0 amide bonds. The third kappa shape index (κ3) is 3.40. The average Bonchev–Trinajstić information content (AvgIpc) is 3.00. The molecule has 1 N–H and O–H groups in total. The molecule has 4 nitrogen and oxygen atoms in total. The number of nitrogens with zero attached hydrogens (tertiary/aromatic N) is 3. The molecule has 0 aliphatic heterocycles. The van der Waals surface area contributed by atoms with Gasteiger partial charge >= 0.3 is 0 Å². The van der Waals surface area contributed by atoms with Gasteiger partial charge in [0.15, 0.2) is 0 Å². The molecule has 0 atom stereocenters. The van der Waals surface area contributed by atoms with Crippen LogP contribution in [-0.4, -0.2) is 14.8 Å². The van der Waals surface area contributed by atoms with Gasteiger partial charge in [0.05, 0.1) is 5.69 Å². The maximum absolute atomic E-state index is 4.40. The lowest BCUT2D eigenvalue weighted by Crippen LogP contribution is -2.16. The zero-order valence-electron chi connectivity index (χ0n) is 11.0. The van der Waals surface area contributed by atoms with Crippen LogP contribution in [0.25, 0.3) is 0 Å². The highest BCUT2D eigenvalue weighted by Crippen LogP contribution is 2.13. The van der Waals surface area contributed by atoms with Crippen LogP contribution in [0, 0.1) is 0 Å². The van der Waals surface area contributed by atoms with Crippen molar-refractivity contribution in [2.24, 2.45) is 0 Å². The van der Waals surface area contributed by atoms with E-state index in [4.69, 9.17) is 0 Å². The van der Waals surface area contributed by atoms with Crippen molar-refractivity contribution in [3.05, 3.63) is 34.0 Å². The standard InChI is InChI=1S/C13H20N4S/c1-3-7-17-11(5-6-16-17)8-14-10-13-15-9-12(4-2)18-13/h5-6,9,14H,3-4,7-8,10H2,1-2H3. The van der Waals surface area contributed by atoms with Crippen LogP contribution >= 0.6 is 11.3 Å². The monoisotopic (exact) mass is 264 g/mol. The summed E-state index contributed by atoms with van der Waals surface area (Å²) in [5, 5.41) is 8.90. The predicted octanol–water partition coefficient (Wildman–Crippen LogP) is 2.60. The lowest BCUT2D eigenvalue weighted by atomic mass is 10.4. The van der Waals surface area contributed by atoms with E-state index in [2.05, 4.69) is 40.0 Å². The van der Waals surface area contributed by atoms with Gasteiger partial charge in [-0.2, -0.15) is 5.10 Å². The largest absolute Gasteiger partial charge is 0.305 e. The van der Waals surface area contributed by atoms with Crippen molar-refractivity contribution in [2.45, 2.75) is 46.3 Å². The summed E-state index contributed by atoms with van der Waals surface area (Å²) in [6.07, 6.45) is 6.02. The molecular formula is C13H20N4S. The summed E-state index contributed by atoms with van der Waals surface area (Å²) >= 11 is 1.79. The molecule has 0 saturated carbocycles. The van der Waals surface area contributed by atoms with Gasteiger partial charge in [-0.1, -0.05) is 13.8 Å². The predicted molar refractivity (Wildman–Crippen MR) is 74.6 cm³/mol. The lowest BCUT2D eigenvalue weighted by Gasteiger charge is -2.06. The topological polar surface area (TPSA) is 42.7 Å². The van der Waals surface area contributed by atoms with Crippen LogP contribution in [0.3, 0.4) is 0 Å². The van der Waals surface area contributed by atoms with Crippen LogP contribution < -0.4 is 5.32 Å². The summed E-state index contributed by atoms with van der Waals surface area (Å²) in [6, 6.07) is 2.07. The minimum Gasteiger partial charge on any atom is -0.305 e. The molecule has 18 heavy (non-hydrogen) atoms. The fourth-order valence-corrected chi connectivity index (χ4v) is 2.65. The molecule has 0 aliphatic rings. The summed E-state index contributed by atoms with van der Waals surface area (Å²) in [7, 11) is 0. The third-order valence-electron chi connectivity index (χ3n) is 2.77. The van der Waals surface area contributed by atoms with Crippen LogP contribution in [-0.2, 0) is 26.1 Å². The first-order valence-electron chi connectivity index (χ1n) is 6.48. The van der Waals surface area contributed by atoms with E-state index in [0.29, 0.717) is 0 Å². The van der Waals surface area contributed by atoms with E-state index in [1.165, 1.54) is 10.6 Å². The third-order valence-corrected chi connectivity index (χ3v) is 3.91. The molecule has 0 unspecified atom stereocenters. The molecular weight excluding hydrogens is 244 g/mol. The molecule has 2 rings (SSSR count). The van der Waals surface area contributed by atoms with E-state index < -0.39 is 0 Å². The van der Waals surface area contributed by atoms with Crippen molar-refractivity contribution < 1.29 is 0 Å². The van der Waals surface area contributed by atoms with E-state index in [1.54, 1.807) is 11.3 Å². The van der Waals surface area contributed by atoms with E-state index in [-0.39, 0.29) is 0 Å². The number of nitrogens with one attached hydrogen (secondary N) is 1. The number of thiazole rings is 1. The quantitative estimate of drug-likeness (QED) is 0.836. The Morgan fingerprint density at radius 2 is 2.22 bits per heavy atom. The number of hydrogen-bond acceptors (Lipinski definition) is 4. The van der Waals surface area contributed by atoms with Gasteiger partial charge in [-0.05, 0) is 18.9 Å². The summed E-state index contributed by atoms with van der Waals surface area (Å²) in [6.45, 7) is 7.00. The molecule has 0 radical (unpaired) electrons. The highest BCUT2D eigenvalue weighted by Gasteiger charge is 2.03. The molecule has 0 fully saturated rings. The van der Waals surface area contributed by atoms with Gasteiger partial charge in [-0.15, -0.1) is 11.3 Å². The van der Waals surface area contributed by atoms with Crippen molar-refractivity contribution in [3.63, 3.8) is 0 Å². The fraction of sp³-hybridized carbons (Fsp3) is 0.538. The Bertz CT molecular complexity index is 475. The van der Waals surface area contributed by atoms with Gasteiger partial charge in [-0.3, -0.25) is 4.68 Å². The van der Waals surface area contributed by atoms with E-state index in [9.17, 15) is 0 Å². The Balaban J connectivity index is 1.82. The number of hydrogen-bond donors (Lipinski definition) is 1. The molecule has 98 valence electrons. The second-order valence-corrected chi connectivity index (χ2v) is 5.42. The normalized spacial score (nSPS) is 11.0. The Morgan fingerprint density at radius 3 is 2.94 bits per heavy atom. The molecule has 0 saturated heterocycles. The molecule has 2 aromatic heterocycles. The van der Waals surface area contributed by atoms with Crippen molar-refractivity contribution >= 4 is 11.3 Å². The SMILES string of the molecule is CCCn1nccc1CNCc1ncc(CC)s1. The van der Waals surface area contributed by atoms with Crippen molar-refractivity contribution in [2.75, 3.05) is 0 Å². The number of aromatic nitrogens is 3. The summed E-state index contributed by atoms with van der Waals surface area (Å²) < 4.78 is 2.06. The second-order valence-electron chi connectivity index (χ2n) is 4.22. The number of rotatable bonds is 7. The Kier molecular flexibility index (Phi) is 4.90. The Morgan fingerprint density at radius 1 is 1.33 bits per heavy atom. The maximum Gasteiger partial charge on any atom is 0.107 e. The van der Waals surface area contributed by atoms with Gasteiger partial charge in [-0.25, -0.2) is 4.98 Å². The van der Waals surface area contributed by atoms with Gasteiger partial charge in [0, 0.05) is 36.9 Å². The van der Waals surface area contributed by atoms with Gasteiger partial charge in [0.2, 0.25) is 0 Å². The lowest BCUT2D eigenvalue weighted by molar-refractivity contribution is 0.549. The van der Waals surface area contributed by atoms with E-state index in [1.807, 2.05) is 12.4 Å². The first kappa shape index (κ1) is 13.2. The maximum atomic E-state index is 4.40. The molecule has 2 aromatic rings. The van der Waals surface area contributed by atoms with Crippen LogP contribution in [0.4, 0.5) is 0 Å². The van der Waals surface area contributed by atoms with Crippen molar-refractivity contribution in [3.8, 4) is 0 Å².